The zero-order valence-electron chi connectivity index (χ0n) is 19.4. The number of nitrogens with one attached hydrogen (secondary N) is 1. The summed E-state index contributed by atoms with van der Waals surface area (Å²) in [5, 5.41) is 14.3. The van der Waals surface area contributed by atoms with Crippen molar-refractivity contribution in [1.82, 2.24) is 15.2 Å². The number of amides is 2. The van der Waals surface area contributed by atoms with Gasteiger partial charge in [0.25, 0.3) is 5.91 Å². The molecule has 3 heterocycles. The third-order valence-corrected chi connectivity index (χ3v) is 6.88. The molecule has 4 rings (SSSR count). The molecule has 1 saturated carbocycles. The van der Waals surface area contributed by atoms with Gasteiger partial charge in [-0.05, 0) is 55.2 Å². The maximum absolute atomic E-state index is 12.8. The van der Waals surface area contributed by atoms with Gasteiger partial charge in [0.05, 0.1) is 5.92 Å². The number of carboxylic acids is 1. The summed E-state index contributed by atoms with van der Waals surface area (Å²) in [7, 11) is 0. The topological polar surface area (TPSA) is 121 Å². The summed E-state index contributed by atoms with van der Waals surface area (Å²) in [6, 6.07) is 3.91. The largest absolute Gasteiger partial charge is 0.490 e. The highest BCUT2D eigenvalue weighted by atomic mass is 19.4. The van der Waals surface area contributed by atoms with Crippen molar-refractivity contribution >= 4 is 23.5 Å². The van der Waals surface area contributed by atoms with Crippen LogP contribution in [0.15, 0.2) is 29.7 Å². The maximum Gasteiger partial charge on any atom is 0.490 e. The quantitative estimate of drug-likeness (QED) is 0.644. The van der Waals surface area contributed by atoms with Crippen LogP contribution in [0, 0.1) is 11.3 Å². The number of rotatable bonds is 5. The average molecular weight is 499 g/mol. The molecule has 192 valence electrons. The highest BCUT2D eigenvalue weighted by molar-refractivity contribution is 6.40. The lowest BCUT2D eigenvalue weighted by Crippen LogP contribution is -2.49. The molecule has 0 unspecified atom stereocenters. The molecule has 2 amide bonds. The monoisotopic (exact) mass is 498 g/mol. The van der Waals surface area contributed by atoms with E-state index in [1.54, 1.807) is 12.4 Å². The number of likely N-dealkylation sites (tertiary alicyclic amines) is 1. The van der Waals surface area contributed by atoms with E-state index in [-0.39, 0.29) is 29.3 Å². The third kappa shape index (κ3) is 6.29. The molecule has 9 nitrogen and oxygen atoms in total. The number of carbonyl (C=O) groups excluding carboxylic acids is 2. The average Bonchev–Trinajstić information content (AvgIpc) is 3.41. The second kappa shape index (κ2) is 11.0. The molecule has 2 fully saturated rings. The van der Waals surface area contributed by atoms with Crippen molar-refractivity contribution in [3.63, 3.8) is 0 Å². The number of oxime groups is 1. The number of hydrogen-bond acceptors (Lipinski definition) is 6. The van der Waals surface area contributed by atoms with Gasteiger partial charge in [-0.1, -0.05) is 12.1 Å². The Labute approximate surface area is 200 Å². The molecule has 0 bridgehead atoms. The van der Waals surface area contributed by atoms with Gasteiger partial charge in [-0.3, -0.25) is 14.6 Å². The maximum atomic E-state index is 12.8. The number of nitrogens with zero attached hydrogens (tertiary/aromatic N) is 3. The van der Waals surface area contributed by atoms with Gasteiger partial charge in [0, 0.05) is 38.4 Å². The number of pyridine rings is 1. The summed E-state index contributed by atoms with van der Waals surface area (Å²) in [6.07, 6.45) is 3.57. The molecule has 1 aromatic heterocycles. The van der Waals surface area contributed by atoms with E-state index in [1.165, 1.54) is 0 Å². The van der Waals surface area contributed by atoms with E-state index in [9.17, 15) is 22.8 Å². The molecule has 2 aliphatic heterocycles. The number of carboxylic acid groups (broad SMARTS) is 1. The lowest BCUT2D eigenvalue weighted by molar-refractivity contribution is -0.192. The Morgan fingerprint density at radius 2 is 1.83 bits per heavy atom. The van der Waals surface area contributed by atoms with Crippen molar-refractivity contribution in [3.05, 3.63) is 30.1 Å². The number of alkyl halides is 3. The van der Waals surface area contributed by atoms with Gasteiger partial charge in [0.1, 0.15) is 6.10 Å². The first-order valence-electron chi connectivity index (χ1n) is 11.6. The Balaban J connectivity index is 0.000000429. The Morgan fingerprint density at radius 1 is 1.20 bits per heavy atom. The number of fused-ring (bicyclic) bond motifs is 2. The normalized spacial score (nSPS) is 22.4. The molecule has 12 heteroatoms. The van der Waals surface area contributed by atoms with Crippen LogP contribution in [0.3, 0.4) is 0 Å². The van der Waals surface area contributed by atoms with Gasteiger partial charge >= 0.3 is 12.1 Å². The SMILES string of the molecule is CCC(=O)N1CCC2(CC[C@@H]3ON=C(C(=O)NCCc4ccncc4)[C@@H]32)CC1.O=C(O)C(F)(F)F. The number of carbonyl (C=O) groups is 3. The van der Waals surface area contributed by atoms with Crippen molar-refractivity contribution in [2.75, 3.05) is 19.6 Å². The van der Waals surface area contributed by atoms with Crippen molar-refractivity contribution in [1.29, 1.82) is 0 Å². The molecule has 1 aliphatic carbocycles. The van der Waals surface area contributed by atoms with Crippen LogP contribution >= 0.6 is 0 Å². The van der Waals surface area contributed by atoms with Crippen molar-refractivity contribution in [2.45, 2.75) is 57.7 Å². The Kier molecular flexibility index (Phi) is 8.34. The number of halogens is 3. The fraction of sp³-hybridized carbons (Fsp3) is 0.609. The lowest BCUT2D eigenvalue weighted by Gasteiger charge is -2.42. The van der Waals surface area contributed by atoms with Crippen LogP contribution < -0.4 is 5.32 Å². The van der Waals surface area contributed by atoms with E-state index in [1.807, 2.05) is 24.0 Å². The van der Waals surface area contributed by atoms with Crippen LogP contribution in [0.2, 0.25) is 0 Å². The first-order chi connectivity index (χ1) is 16.6. The summed E-state index contributed by atoms with van der Waals surface area (Å²) in [4.78, 5) is 45.3. The van der Waals surface area contributed by atoms with E-state index < -0.39 is 12.1 Å². The number of aliphatic carboxylic acids is 1. The van der Waals surface area contributed by atoms with Crippen LogP contribution in [0.5, 0.6) is 0 Å². The number of aromatic nitrogens is 1. The van der Waals surface area contributed by atoms with Crippen molar-refractivity contribution in [3.8, 4) is 0 Å². The molecule has 0 radical (unpaired) electrons. The van der Waals surface area contributed by atoms with Gasteiger partial charge in [-0.2, -0.15) is 13.2 Å². The molecule has 1 saturated heterocycles. The van der Waals surface area contributed by atoms with Gasteiger partial charge in [-0.25, -0.2) is 4.79 Å². The zero-order valence-corrected chi connectivity index (χ0v) is 19.4. The van der Waals surface area contributed by atoms with E-state index in [0.717, 1.165) is 50.8 Å². The second-order valence-electron chi connectivity index (χ2n) is 8.90. The fourth-order valence-electron chi connectivity index (χ4n) is 5.04. The van der Waals surface area contributed by atoms with Crippen LogP contribution in [0.4, 0.5) is 13.2 Å². The summed E-state index contributed by atoms with van der Waals surface area (Å²) in [6.45, 7) is 4.01. The Bertz CT molecular complexity index is 946. The van der Waals surface area contributed by atoms with Crippen LogP contribution in [0.1, 0.15) is 44.6 Å². The van der Waals surface area contributed by atoms with Gasteiger partial charge < -0.3 is 20.2 Å². The summed E-state index contributed by atoms with van der Waals surface area (Å²) >= 11 is 0. The van der Waals surface area contributed by atoms with E-state index in [2.05, 4.69) is 15.5 Å². The fourth-order valence-corrected chi connectivity index (χ4v) is 5.04. The molecule has 2 N–H and O–H groups in total. The summed E-state index contributed by atoms with van der Waals surface area (Å²) < 4.78 is 31.7. The van der Waals surface area contributed by atoms with E-state index in [0.29, 0.717) is 18.7 Å². The molecular formula is C23H29F3N4O5. The molecular weight excluding hydrogens is 469 g/mol. The van der Waals surface area contributed by atoms with Crippen LogP contribution in [0.25, 0.3) is 0 Å². The summed E-state index contributed by atoms with van der Waals surface area (Å²) in [5.74, 6) is -2.61. The molecule has 3 aliphatic rings. The van der Waals surface area contributed by atoms with Crippen molar-refractivity contribution < 1.29 is 37.5 Å². The minimum Gasteiger partial charge on any atom is -0.475 e. The zero-order chi connectivity index (χ0) is 25.6. The standard InChI is InChI=1S/C21H28N4O3.C2HF3O2/c1-2-17(26)25-13-8-21(9-14-25)7-3-16-18(21)19(24-28-16)20(27)23-12-6-15-4-10-22-11-5-15;3-2(4,5)1(6)7/h4-5,10-11,16,18H,2-3,6-9,12-14H2,1H3,(H,23,27);(H,6,7)/t16-,18+;/m0./s1. The highest BCUT2D eigenvalue weighted by Gasteiger charge is 2.57. The highest BCUT2D eigenvalue weighted by Crippen LogP contribution is 2.54. The Morgan fingerprint density at radius 3 is 2.40 bits per heavy atom. The smallest absolute Gasteiger partial charge is 0.475 e. The minimum absolute atomic E-state index is 0.00868. The lowest BCUT2D eigenvalue weighted by atomic mass is 9.68. The molecule has 1 aromatic rings. The number of hydrogen-bond donors (Lipinski definition) is 2. The van der Waals surface area contributed by atoms with E-state index >= 15 is 0 Å². The van der Waals surface area contributed by atoms with Gasteiger partial charge in [0.15, 0.2) is 5.71 Å². The first kappa shape index (κ1) is 26.4. The van der Waals surface area contributed by atoms with Crippen LogP contribution in [-0.4, -0.2) is 70.4 Å². The Hall–Kier alpha value is -3.18. The van der Waals surface area contributed by atoms with E-state index in [4.69, 9.17) is 14.7 Å². The van der Waals surface area contributed by atoms with Crippen molar-refractivity contribution in [2.24, 2.45) is 16.5 Å². The minimum atomic E-state index is -5.08. The summed E-state index contributed by atoms with van der Waals surface area (Å²) in [5.41, 5.74) is 1.73. The third-order valence-electron chi connectivity index (χ3n) is 6.88. The predicted molar refractivity (Wildman–Crippen MR) is 118 cm³/mol. The molecule has 1 spiro atoms. The molecule has 2 atom stereocenters. The molecule has 0 aromatic carbocycles. The second-order valence-corrected chi connectivity index (χ2v) is 8.90. The number of piperidine rings is 1. The molecule has 35 heavy (non-hydrogen) atoms. The van der Waals surface area contributed by atoms with Gasteiger partial charge in [0.2, 0.25) is 5.91 Å². The van der Waals surface area contributed by atoms with Crippen LogP contribution in [-0.2, 0) is 25.6 Å². The first-order valence-corrected chi connectivity index (χ1v) is 11.6. The van der Waals surface area contributed by atoms with Gasteiger partial charge in [-0.15, -0.1) is 0 Å². The predicted octanol–water partition coefficient (Wildman–Crippen LogP) is 2.56.